The molecule has 0 N–H and O–H groups in total. The summed E-state index contributed by atoms with van der Waals surface area (Å²) >= 11 is 5.91. The van der Waals surface area contributed by atoms with Crippen LogP contribution in [0.1, 0.15) is 25.7 Å². The average Bonchev–Trinajstić information content (AvgIpc) is 2.75. The molecule has 2 aromatic heterocycles. The Bertz CT molecular complexity index is 1040. The number of benzene rings is 1. The van der Waals surface area contributed by atoms with Crippen molar-refractivity contribution in [3.8, 4) is 17.1 Å². The number of halogens is 1. The third kappa shape index (κ3) is 4.60. The Kier molecular flexibility index (Phi) is 6.11. The summed E-state index contributed by atoms with van der Waals surface area (Å²) < 4.78 is 7.42. The second-order valence-electron chi connectivity index (χ2n) is 7.45. The van der Waals surface area contributed by atoms with Crippen molar-refractivity contribution in [2.45, 2.75) is 25.7 Å². The molecule has 0 saturated carbocycles. The Hall–Kier alpha value is -2.44. The van der Waals surface area contributed by atoms with Crippen LogP contribution in [-0.4, -0.2) is 45.7 Å². The first-order valence-electron chi connectivity index (χ1n) is 10.1. The predicted molar refractivity (Wildman–Crippen MR) is 116 cm³/mol. The lowest BCUT2D eigenvalue weighted by Gasteiger charge is -2.26. The summed E-state index contributed by atoms with van der Waals surface area (Å²) in [6.07, 6.45) is 6.55. The van der Waals surface area contributed by atoms with Gasteiger partial charge in [-0.2, -0.15) is 0 Å². The summed E-state index contributed by atoms with van der Waals surface area (Å²) in [7, 11) is 1.71. The van der Waals surface area contributed by atoms with Crippen LogP contribution in [0, 0.1) is 0 Å². The number of likely N-dealkylation sites (tertiary alicyclic amines) is 1. The van der Waals surface area contributed by atoms with E-state index in [4.69, 9.17) is 16.3 Å². The fourth-order valence-corrected chi connectivity index (χ4v) is 3.93. The van der Waals surface area contributed by atoms with E-state index < -0.39 is 0 Å². The minimum absolute atomic E-state index is 0.146. The van der Waals surface area contributed by atoms with Gasteiger partial charge in [0.15, 0.2) is 0 Å². The number of ether oxygens (including phenoxy) is 1. The number of fused-ring (bicyclic) bond motifs is 1. The van der Waals surface area contributed by atoms with Gasteiger partial charge in [-0.05, 0) is 62.7 Å². The Balaban J connectivity index is 1.43. The highest BCUT2D eigenvalue weighted by Crippen LogP contribution is 2.22. The molecular formula is C22H25ClN4O2. The van der Waals surface area contributed by atoms with E-state index in [2.05, 4.69) is 14.9 Å². The monoisotopic (exact) mass is 412 g/mol. The van der Waals surface area contributed by atoms with E-state index in [1.54, 1.807) is 13.1 Å². The molecule has 0 unspecified atom stereocenters. The number of rotatable bonds is 6. The fourth-order valence-electron chi connectivity index (χ4n) is 3.77. The Morgan fingerprint density at radius 3 is 2.66 bits per heavy atom. The summed E-state index contributed by atoms with van der Waals surface area (Å²) in [4.78, 5) is 23.8. The largest absolute Gasteiger partial charge is 0.494 e. The molecule has 0 spiro atoms. The zero-order chi connectivity index (χ0) is 20.2. The highest BCUT2D eigenvalue weighted by atomic mass is 35.5. The first-order valence-corrected chi connectivity index (χ1v) is 10.5. The molecular weight excluding hydrogens is 388 g/mol. The zero-order valence-corrected chi connectivity index (χ0v) is 17.4. The van der Waals surface area contributed by atoms with Crippen molar-refractivity contribution >= 4 is 22.5 Å². The van der Waals surface area contributed by atoms with Crippen molar-refractivity contribution in [1.29, 1.82) is 0 Å². The molecule has 0 aliphatic carbocycles. The smallest absolute Gasteiger partial charge is 0.261 e. The maximum Gasteiger partial charge on any atom is 0.261 e. The van der Waals surface area contributed by atoms with Gasteiger partial charge < -0.3 is 9.64 Å². The molecule has 29 heavy (non-hydrogen) atoms. The van der Waals surface area contributed by atoms with Gasteiger partial charge in [-0.25, -0.2) is 9.97 Å². The van der Waals surface area contributed by atoms with Crippen LogP contribution in [-0.2, 0) is 7.05 Å². The van der Waals surface area contributed by atoms with E-state index in [1.165, 1.54) is 43.1 Å². The molecule has 3 heterocycles. The Labute approximate surface area is 175 Å². The quantitative estimate of drug-likeness (QED) is 0.454. The van der Waals surface area contributed by atoms with Crippen molar-refractivity contribution in [2.75, 3.05) is 26.2 Å². The van der Waals surface area contributed by atoms with E-state index in [1.807, 2.05) is 24.3 Å². The molecule has 3 aromatic rings. The molecule has 1 saturated heterocycles. The maximum atomic E-state index is 12.7. The first-order chi connectivity index (χ1) is 14.1. The second kappa shape index (κ2) is 8.93. The maximum absolute atomic E-state index is 12.7. The van der Waals surface area contributed by atoms with E-state index in [0.717, 1.165) is 24.3 Å². The second-order valence-corrected chi connectivity index (χ2v) is 7.84. The van der Waals surface area contributed by atoms with Crippen LogP contribution in [0.2, 0.25) is 5.15 Å². The highest BCUT2D eigenvalue weighted by molar-refractivity contribution is 6.30. The number of hydrogen-bond donors (Lipinski definition) is 0. The lowest BCUT2D eigenvalue weighted by molar-refractivity contribution is 0.205. The lowest BCUT2D eigenvalue weighted by Crippen LogP contribution is -2.31. The molecule has 0 bridgehead atoms. The third-order valence-corrected chi connectivity index (χ3v) is 5.58. The predicted octanol–water partition coefficient (Wildman–Crippen LogP) is 3.90. The number of aromatic nitrogens is 3. The van der Waals surface area contributed by atoms with Gasteiger partial charge in [0, 0.05) is 19.2 Å². The molecule has 4 rings (SSSR count). The van der Waals surface area contributed by atoms with Crippen molar-refractivity contribution in [2.24, 2.45) is 7.05 Å². The third-order valence-electron chi connectivity index (χ3n) is 5.38. The van der Waals surface area contributed by atoms with Crippen molar-refractivity contribution < 1.29 is 4.74 Å². The summed E-state index contributed by atoms with van der Waals surface area (Å²) in [6, 6.07) is 9.25. The minimum Gasteiger partial charge on any atom is -0.494 e. The number of nitrogens with zero attached hydrogens (tertiary/aromatic N) is 4. The summed E-state index contributed by atoms with van der Waals surface area (Å²) in [5.74, 6) is 1.41. The SMILES string of the molecule is Cn1c(-c2ccc(OCCCN3CCCCC3)cc2)nc2cnc(Cl)cc2c1=O. The van der Waals surface area contributed by atoms with Crippen LogP contribution in [0.4, 0.5) is 0 Å². The standard InChI is InChI=1S/C22H25ClN4O2/c1-26-21(25-19-15-24-20(23)14-18(19)22(26)28)16-6-8-17(9-7-16)29-13-5-12-27-10-3-2-4-11-27/h6-9,14-15H,2-5,10-13H2,1H3. The molecule has 1 aliphatic rings. The molecule has 0 radical (unpaired) electrons. The molecule has 152 valence electrons. The van der Waals surface area contributed by atoms with Crippen LogP contribution in [0.25, 0.3) is 22.3 Å². The molecule has 1 aliphatic heterocycles. The highest BCUT2D eigenvalue weighted by Gasteiger charge is 2.12. The molecule has 0 amide bonds. The van der Waals surface area contributed by atoms with E-state index in [9.17, 15) is 4.79 Å². The van der Waals surface area contributed by atoms with Gasteiger partial charge in [0.1, 0.15) is 16.7 Å². The van der Waals surface area contributed by atoms with Gasteiger partial charge in [-0.1, -0.05) is 18.0 Å². The molecule has 0 atom stereocenters. The molecule has 1 aromatic carbocycles. The van der Waals surface area contributed by atoms with Crippen molar-refractivity contribution in [3.05, 3.63) is 52.0 Å². The average molecular weight is 413 g/mol. The van der Waals surface area contributed by atoms with Gasteiger partial charge in [0.2, 0.25) is 0 Å². The lowest BCUT2D eigenvalue weighted by atomic mass is 10.1. The fraction of sp³-hybridized carbons (Fsp3) is 0.409. The zero-order valence-electron chi connectivity index (χ0n) is 16.6. The topological polar surface area (TPSA) is 60.2 Å². The van der Waals surface area contributed by atoms with Crippen molar-refractivity contribution in [1.82, 2.24) is 19.4 Å². The summed E-state index contributed by atoms with van der Waals surface area (Å²) in [6.45, 7) is 4.23. The van der Waals surface area contributed by atoms with Crippen LogP contribution in [0.5, 0.6) is 5.75 Å². The van der Waals surface area contributed by atoms with E-state index in [0.29, 0.717) is 23.3 Å². The Morgan fingerprint density at radius 1 is 1.14 bits per heavy atom. The number of hydrogen-bond acceptors (Lipinski definition) is 5. The van der Waals surface area contributed by atoms with Crippen LogP contribution < -0.4 is 10.3 Å². The van der Waals surface area contributed by atoms with Gasteiger partial charge in [0.05, 0.1) is 23.7 Å². The summed E-state index contributed by atoms with van der Waals surface area (Å²) in [5, 5.41) is 0.746. The van der Waals surface area contributed by atoms with Crippen molar-refractivity contribution in [3.63, 3.8) is 0 Å². The van der Waals surface area contributed by atoms with Gasteiger partial charge in [-0.3, -0.25) is 9.36 Å². The Morgan fingerprint density at radius 2 is 1.90 bits per heavy atom. The normalized spacial score (nSPS) is 15.0. The number of pyridine rings is 1. The number of piperidine rings is 1. The molecule has 1 fully saturated rings. The molecule has 7 heteroatoms. The van der Waals surface area contributed by atoms with Gasteiger partial charge >= 0.3 is 0 Å². The minimum atomic E-state index is -0.146. The van der Waals surface area contributed by atoms with Crippen LogP contribution in [0.15, 0.2) is 41.3 Å². The van der Waals surface area contributed by atoms with E-state index >= 15 is 0 Å². The first kappa shape index (κ1) is 19.9. The van der Waals surface area contributed by atoms with E-state index in [-0.39, 0.29) is 10.7 Å². The summed E-state index contributed by atoms with van der Waals surface area (Å²) in [5.41, 5.74) is 1.24. The van der Waals surface area contributed by atoms with Crippen LogP contribution in [0.3, 0.4) is 0 Å². The van der Waals surface area contributed by atoms with Crippen LogP contribution >= 0.6 is 11.6 Å². The molecule has 6 nitrogen and oxygen atoms in total. The van der Waals surface area contributed by atoms with Gasteiger partial charge in [-0.15, -0.1) is 0 Å². The van der Waals surface area contributed by atoms with Gasteiger partial charge in [0.25, 0.3) is 5.56 Å².